The Morgan fingerprint density at radius 1 is 1.10 bits per heavy atom. The lowest BCUT2D eigenvalue weighted by molar-refractivity contribution is 0.0606. The smallest absolute Gasteiger partial charge is 0.0700 e. The molecule has 0 aliphatic heterocycles. The molecule has 0 aromatic rings. The van der Waals surface area contributed by atoms with Crippen LogP contribution in [0.1, 0.15) is 20.3 Å². The van der Waals surface area contributed by atoms with Crippen molar-refractivity contribution >= 4 is 0 Å². The summed E-state index contributed by atoms with van der Waals surface area (Å²) < 4.78 is 10.3. The zero-order chi connectivity index (χ0) is 7.66. The quantitative estimate of drug-likeness (QED) is 0.507. The van der Waals surface area contributed by atoms with Gasteiger partial charge in [-0.15, -0.1) is 0 Å². The van der Waals surface area contributed by atoms with Crippen LogP contribution in [0.25, 0.3) is 0 Å². The Hall–Kier alpha value is -0.0800. The molecular formula is C8H17O2. The van der Waals surface area contributed by atoms with Crippen molar-refractivity contribution in [3.05, 3.63) is 6.42 Å². The van der Waals surface area contributed by atoms with E-state index in [4.69, 9.17) is 9.47 Å². The van der Waals surface area contributed by atoms with Crippen LogP contribution in [0.5, 0.6) is 0 Å². The Labute approximate surface area is 63.5 Å². The first-order valence-electron chi connectivity index (χ1n) is 3.89. The monoisotopic (exact) mass is 145 g/mol. The van der Waals surface area contributed by atoms with Gasteiger partial charge in [-0.1, -0.05) is 13.3 Å². The van der Waals surface area contributed by atoms with E-state index in [1.165, 1.54) is 0 Å². The molecular weight excluding hydrogens is 128 g/mol. The zero-order valence-electron chi connectivity index (χ0n) is 6.93. The molecule has 0 amide bonds. The van der Waals surface area contributed by atoms with Gasteiger partial charge in [0, 0.05) is 13.2 Å². The summed E-state index contributed by atoms with van der Waals surface area (Å²) >= 11 is 0. The van der Waals surface area contributed by atoms with E-state index in [9.17, 15) is 0 Å². The predicted octanol–water partition coefficient (Wildman–Crippen LogP) is 1.65. The highest BCUT2D eigenvalue weighted by Crippen LogP contribution is 1.85. The summed E-state index contributed by atoms with van der Waals surface area (Å²) in [7, 11) is 0. The minimum Gasteiger partial charge on any atom is -0.379 e. The average Bonchev–Trinajstić information content (AvgIpc) is 1.97. The van der Waals surface area contributed by atoms with E-state index in [1.807, 2.05) is 6.92 Å². The summed E-state index contributed by atoms with van der Waals surface area (Å²) in [6.45, 7) is 7.05. The molecule has 0 atom stereocenters. The lowest BCUT2D eigenvalue weighted by atomic mass is 10.4. The van der Waals surface area contributed by atoms with Crippen LogP contribution in [0.2, 0.25) is 0 Å². The van der Waals surface area contributed by atoms with Gasteiger partial charge in [-0.05, 0) is 13.3 Å². The van der Waals surface area contributed by atoms with Crippen molar-refractivity contribution in [1.82, 2.24) is 0 Å². The summed E-state index contributed by atoms with van der Waals surface area (Å²) in [5.41, 5.74) is 0. The molecule has 1 radical (unpaired) electrons. The fraction of sp³-hybridized carbons (Fsp3) is 0.875. The van der Waals surface area contributed by atoms with E-state index in [2.05, 4.69) is 13.3 Å². The van der Waals surface area contributed by atoms with Crippen LogP contribution in [0.15, 0.2) is 0 Å². The van der Waals surface area contributed by atoms with E-state index in [1.54, 1.807) is 0 Å². The molecule has 0 rings (SSSR count). The molecule has 0 aromatic carbocycles. The molecule has 61 valence electrons. The standard InChI is InChI=1S/C8H17O2/c1-3-5-6-10-8-7-9-4-2/h5H,3-4,6-8H2,1-2H3. The van der Waals surface area contributed by atoms with E-state index >= 15 is 0 Å². The van der Waals surface area contributed by atoms with Crippen molar-refractivity contribution in [3.63, 3.8) is 0 Å². The van der Waals surface area contributed by atoms with Crippen molar-refractivity contribution in [3.8, 4) is 0 Å². The molecule has 0 bridgehead atoms. The normalized spacial score (nSPS) is 10.2. The fourth-order valence-corrected chi connectivity index (χ4v) is 0.547. The van der Waals surface area contributed by atoms with Crippen LogP contribution in [0, 0.1) is 6.42 Å². The third-order valence-electron chi connectivity index (χ3n) is 1.10. The second-order valence-electron chi connectivity index (χ2n) is 1.97. The highest BCUT2D eigenvalue weighted by Gasteiger charge is 1.86. The molecule has 0 heterocycles. The van der Waals surface area contributed by atoms with Gasteiger partial charge >= 0.3 is 0 Å². The van der Waals surface area contributed by atoms with Gasteiger partial charge in [0.05, 0.1) is 13.2 Å². The molecule has 2 nitrogen and oxygen atoms in total. The van der Waals surface area contributed by atoms with Crippen LogP contribution in [-0.2, 0) is 9.47 Å². The van der Waals surface area contributed by atoms with Crippen molar-refractivity contribution < 1.29 is 9.47 Å². The van der Waals surface area contributed by atoms with Gasteiger partial charge < -0.3 is 9.47 Å². The minimum atomic E-state index is 0.713. The zero-order valence-corrected chi connectivity index (χ0v) is 6.93. The first-order valence-corrected chi connectivity index (χ1v) is 3.89. The summed E-state index contributed by atoms with van der Waals surface area (Å²) in [6, 6.07) is 0. The maximum absolute atomic E-state index is 5.20. The Morgan fingerprint density at radius 2 is 1.80 bits per heavy atom. The summed E-state index contributed by atoms with van der Waals surface area (Å²) in [6.07, 6.45) is 3.18. The molecule has 0 unspecified atom stereocenters. The molecule has 0 aromatic heterocycles. The fourth-order valence-electron chi connectivity index (χ4n) is 0.547. The molecule has 10 heavy (non-hydrogen) atoms. The van der Waals surface area contributed by atoms with Crippen molar-refractivity contribution in [1.29, 1.82) is 0 Å². The molecule has 0 saturated heterocycles. The van der Waals surface area contributed by atoms with Gasteiger partial charge in [-0.3, -0.25) is 0 Å². The number of hydrogen-bond donors (Lipinski definition) is 0. The number of hydrogen-bond acceptors (Lipinski definition) is 2. The van der Waals surface area contributed by atoms with Gasteiger partial charge in [0.1, 0.15) is 0 Å². The van der Waals surface area contributed by atoms with Crippen LogP contribution in [-0.4, -0.2) is 26.4 Å². The topological polar surface area (TPSA) is 18.5 Å². The Balaban J connectivity index is 2.65. The highest BCUT2D eigenvalue weighted by molar-refractivity contribution is 4.57. The number of rotatable bonds is 7. The molecule has 0 N–H and O–H groups in total. The van der Waals surface area contributed by atoms with Gasteiger partial charge in [-0.2, -0.15) is 0 Å². The lowest BCUT2D eigenvalue weighted by Gasteiger charge is -2.01. The molecule has 0 fully saturated rings. The van der Waals surface area contributed by atoms with E-state index in [-0.39, 0.29) is 0 Å². The third-order valence-corrected chi connectivity index (χ3v) is 1.10. The summed E-state index contributed by atoms with van der Waals surface area (Å²) in [5.74, 6) is 0. The molecule has 0 saturated carbocycles. The summed E-state index contributed by atoms with van der Waals surface area (Å²) in [5, 5.41) is 0. The van der Waals surface area contributed by atoms with Crippen molar-refractivity contribution in [2.24, 2.45) is 0 Å². The van der Waals surface area contributed by atoms with Gasteiger partial charge in [-0.25, -0.2) is 0 Å². The maximum atomic E-state index is 5.20. The van der Waals surface area contributed by atoms with Gasteiger partial charge in [0.25, 0.3) is 0 Å². The average molecular weight is 145 g/mol. The molecule has 0 spiro atoms. The second kappa shape index (κ2) is 8.92. The first-order chi connectivity index (χ1) is 4.91. The maximum Gasteiger partial charge on any atom is 0.0700 e. The van der Waals surface area contributed by atoms with Crippen molar-refractivity contribution in [2.75, 3.05) is 26.4 Å². The molecule has 0 aliphatic rings. The minimum absolute atomic E-state index is 0.713. The van der Waals surface area contributed by atoms with Crippen LogP contribution in [0.4, 0.5) is 0 Å². The van der Waals surface area contributed by atoms with Crippen LogP contribution >= 0.6 is 0 Å². The lowest BCUT2D eigenvalue weighted by Crippen LogP contribution is -2.04. The number of ether oxygens (including phenoxy) is 2. The summed E-state index contributed by atoms with van der Waals surface area (Å²) in [4.78, 5) is 0. The van der Waals surface area contributed by atoms with Gasteiger partial charge in [0.15, 0.2) is 0 Å². The van der Waals surface area contributed by atoms with E-state index < -0.39 is 0 Å². The Bertz CT molecular complexity index is 47.2. The van der Waals surface area contributed by atoms with Gasteiger partial charge in [0.2, 0.25) is 0 Å². The number of unbranched alkanes of at least 4 members (excludes halogenated alkanes) is 1. The van der Waals surface area contributed by atoms with Crippen LogP contribution in [0.3, 0.4) is 0 Å². The van der Waals surface area contributed by atoms with E-state index in [0.717, 1.165) is 19.6 Å². The predicted molar refractivity (Wildman–Crippen MR) is 41.9 cm³/mol. The molecule has 2 heteroatoms. The second-order valence-corrected chi connectivity index (χ2v) is 1.97. The Morgan fingerprint density at radius 3 is 2.40 bits per heavy atom. The van der Waals surface area contributed by atoms with Crippen molar-refractivity contribution in [2.45, 2.75) is 20.3 Å². The first kappa shape index (κ1) is 9.92. The van der Waals surface area contributed by atoms with Crippen LogP contribution < -0.4 is 0 Å². The SMILES string of the molecule is CC[CH]COCCOCC. The van der Waals surface area contributed by atoms with E-state index in [0.29, 0.717) is 13.2 Å². The molecule has 0 aliphatic carbocycles. The largest absolute Gasteiger partial charge is 0.379 e. The highest BCUT2D eigenvalue weighted by atomic mass is 16.5. The third kappa shape index (κ3) is 7.92. The Kier molecular flexibility index (Phi) is 8.85.